The number of carboxylic acids is 2. The number of carbonyl (C=O) groups excluding carboxylic acids is 5. The first-order valence-corrected chi connectivity index (χ1v) is 25.4. The summed E-state index contributed by atoms with van der Waals surface area (Å²) in [6, 6.07) is -1.75. The van der Waals surface area contributed by atoms with Gasteiger partial charge in [-0.25, -0.2) is 4.79 Å². The maximum atomic E-state index is 11.9. The third-order valence-electron chi connectivity index (χ3n) is 8.53. The van der Waals surface area contributed by atoms with Gasteiger partial charge >= 0.3 is 11.9 Å². The van der Waals surface area contributed by atoms with Crippen LogP contribution in [-0.4, -0.2) is 146 Å². The van der Waals surface area contributed by atoms with Gasteiger partial charge in [-0.2, -0.15) is 11.8 Å². The summed E-state index contributed by atoms with van der Waals surface area (Å²) >= 11 is 1.51. The molecule has 0 rings (SSSR count). The molecule has 0 aliphatic heterocycles. The Morgan fingerprint density at radius 1 is 0.464 bits per heavy atom. The van der Waals surface area contributed by atoms with Crippen molar-refractivity contribution in [3.8, 4) is 0 Å². The van der Waals surface area contributed by atoms with Crippen LogP contribution >= 0.6 is 11.8 Å². The van der Waals surface area contributed by atoms with Gasteiger partial charge in [-0.1, -0.05) is 83.1 Å². The van der Waals surface area contributed by atoms with Crippen LogP contribution in [0.25, 0.3) is 0 Å². The number of thioether (sulfide) groups is 1. The average molecular weight is 1010 g/mol. The minimum Gasteiger partial charge on any atom is -0.480 e. The van der Waals surface area contributed by atoms with E-state index in [-0.39, 0.29) is 94.9 Å². The van der Waals surface area contributed by atoms with Crippen LogP contribution < -0.4 is 37.2 Å². The summed E-state index contributed by atoms with van der Waals surface area (Å²) in [6.07, 6.45) is 2.67. The molecule has 0 heterocycles. The Labute approximate surface area is 421 Å². The highest BCUT2D eigenvalue weighted by atomic mass is 32.2. The highest BCUT2D eigenvalue weighted by molar-refractivity contribution is 7.99. The minimum atomic E-state index is -1.03. The van der Waals surface area contributed by atoms with E-state index in [4.69, 9.17) is 14.6 Å². The molecule has 5 amide bonds. The molecule has 0 aromatic carbocycles. The summed E-state index contributed by atoms with van der Waals surface area (Å²) in [4.78, 5) is 80.8. The molecule has 0 radical (unpaired) electrons. The van der Waals surface area contributed by atoms with Crippen molar-refractivity contribution in [1.82, 2.24) is 37.2 Å². The lowest BCUT2D eigenvalue weighted by Gasteiger charge is -2.26. The largest absolute Gasteiger partial charge is 0.480 e. The predicted octanol–water partition coefficient (Wildman–Crippen LogP) is 5.51. The highest BCUT2D eigenvalue weighted by Gasteiger charge is 2.24. The fourth-order valence-electron chi connectivity index (χ4n) is 5.31. The Morgan fingerprint density at radius 2 is 0.899 bits per heavy atom. The van der Waals surface area contributed by atoms with Crippen molar-refractivity contribution < 1.29 is 53.2 Å². The molecule has 0 aliphatic rings. The van der Waals surface area contributed by atoms with Crippen molar-refractivity contribution in [2.45, 2.75) is 186 Å². The standard InChI is InChI=1S/C19H36N2O5S.C18H35N3O5.C13H28N2O/c1-18(2,3)11-16(23)20-8-10-26-9-7-15(22)21-14(17(24)25)12-27-13-19(4,5)6;1-17(2,3)11-15(23)19-8-10-26-9-7-14(22)20-12-13(16(24)25)21-18(4,5)6;1-12(2,3)8-7-11(16)14-9-10-15-13(4,5)6/h14H,7-13H2,1-6H3,(H,20,23)(H,21,22)(H,24,25);13,21H,7-12H2,1-6H3,(H,19,23)(H,20,22)(H,24,25);15H,7-10H2,1-6H3,(H,14,16)/t14-;;/m0../s1. The zero-order valence-electron chi connectivity index (χ0n) is 46.2. The van der Waals surface area contributed by atoms with E-state index < -0.39 is 24.0 Å². The molecule has 18 nitrogen and oxygen atoms in total. The number of aliphatic carboxylic acids is 2. The summed E-state index contributed by atoms with van der Waals surface area (Å²) < 4.78 is 10.6. The maximum absolute atomic E-state index is 11.9. The lowest BCUT2D eigenvalue weighted by molar-refractivity contribution is -0.141. The molecule has 0 aliphatic carbocycles. The van der Waals surface area contributed by atoms with E-state index in [1.165, 1.54) is 11.8 Å². The van der Waals surface area contributed by atoms with Gasteiger partial charge in [0, 0.05) is 81.7 Å². The van der Waals surface area contributed by atoms with E-state index in [0.717, 1.165) is 18.7 Å². The summed E-state index contributed by atoms with van der Waals surface area (Å²) in [5, 5.41) is 38.2. The second kappa shape index (κ2) is 34.7. The van der Waals surface area contributed by atoms with E-state index in [0.29, 0.717) is 57.9 Å². The Balaban J connectivity index is -0.000000979. The highest BCUT2D eigenvalue weighted by Crippen LogP contribution is 2.22. The second-order valence-corrected chi connectivity index (χ2v) is 25.1. The molecule has 0 bridgehead atoms. The van der Waals surface area contributed by atoms with E-state index in [9.17, 15) is 38.7 Å². The van der Waals surface area contributed by atoms with Gasteiger partial charge in [0.2, 0.25) is 29.5 Å². The van der Waals surface area contributed by atoms with E-state index in [1.54, 1.807) is 0 Å². The maximum Gasteiger partial charge on any atom is 0.327 e. The Morgan fingerprint density at radius 3 is 1.29 bits per heavy atom. The Bertz CT molecular complexity index is 1500. The molecule has 406 valence electrons. The van der Waals surface area contributed by atoms with Crippen LogP contribution in [0, 0.1) is 21.7 Å². The normalized spacial score (nSPS) is 13.0. The lowest BCUT2D eigenvalue weighted by atomic mass is 9.90. The minimum absolute atomic E-state index is 0.00823. The van der Waals surface area contributed by atoms with Crippen LogP contribution in [0.15, 0.2) is 0 Å². The molecule has 0 spiro atoms. The summed E-state index contributed by atoms with van der Waals surface area (Å²) in [6.45, 7) is 40.0. The van der Waals surface area contributed by atoms with Crippen LogP contribution in [0.4, 0.5) is 0 Å². The van der Waals surface area contributed by atoms with Crippen LogP contribution in [0.3, 0.4) is 0 Å². The third kappa shape index (κ3) is 55.3. The molecular weight excluding hydrogens is 907 g/mol. The quantitative estimate of drug-likeness (QED) is 0.0438. The average Bonchev–Trinajstić information content (AvgIpc) is 3.14. The van der Waals surface area contributed by atoms with Gasteiger partial charge in [-0.05, 0) is 75.4 Å². The molecule has 0 aromatic rings. The van der Waals surface area contributed by atoms with Crippen LogP contribution in [0.2, 0.25) is 0 Å². The first-order chi connectivity index (χ1) is 31.2. The van der Waals surface area contributed by atoms with Crippen LogP contribution in [0.1, 0.15) is 163 Å². The molecule has 69 heavy (non-hydrogen) atoms. The van der Waals surface area contributed by atoms with Crippen molar-refractivity contribution in [3.05, 3.63) is 0 Å². The van der Waals surface area contributed by atoms with E-state index in [1.807, 2.05) is 62.3 Å². The molecule has 0 saturated heterocycles. The molecular formula is C50H99N7O11S. The molecule has 0 saturated carbocycles. The number of carbonyl (C=O) groups is 7. The zero-order valence-corrected chi connectivity index (χ0v) is 47.0. The zero-order chi connectivity index (χ0) is 54.3. The number of rotatable bonds is 28. The van der Waals surface area contributed by atoms with Gasteiger partial charge in [0.1, 0.15) is 12.1 Å². The van der Waals surface area contributed by atoms with Gasteiger partial charge < -0.3 is 51.6 Å². The number of nitrogens with one attached hydrogen (secondary N) is 7. The molecule has 19 heteroatoms. The molecule has 0 aromatic heterocycles. The number of amides is 5. The number of hydrogen-bond donors (Lipinski definition) is 9. The van der Waals surface area contributed by atoms with Gasteiger partial charge in [0.25, 0.3) is 0 Å². The van der Waals surface area contributed by atoms with Crippen molar-refractivity contribution in [2.24, 2.45) is 21.7 Å². The topological polar surface area (TPSA) is 263 Å². The molecule has 9 N–H and O–H groups in total. The van der Waals surface area contributed by atoms with Crippen molar-refractivity contribution in [2.75, 3.05) is 70.7 Å². The van der Waals surface area contributed by atoms with Crippen molar-refractivity contribution >= 4 is 53.2 Å². The lowest BCUT2D eigenvalue weighted by Crippen LogP contribution is -2.53. The van der Waals surface area contributed by atoms with Crippen LogP contribution in [-0.2, 0) is 43.0 Å². The summed E-state index contributed by atoms with van der Waals surface area (Å²) in [5.74, 6) is -1.42. The smallest absolute Gasteiger partial charge is 0.327 e. The molecule has 0 fully saturated rings. The fraction of sp³-hybridized carbons (Fsp3) is 0.860. The number of carboxylic acid groups (broad SMARTS) is 2. The van der Waals surface area contributed by atoms with Crippen molar-refractivity contribution in [3.63, 3.8) is 0 Å². The van der Waals surface area contributed by atoms with Crippen LogP contribution in [0.5, 0.6) is 0 Å². The first kappa shape index (κ1) is 69.7. The third-order valence-corrected chi connectivity index (χ3v) is 10.2. The fourth-order valence-corrected chi connectivity index (χ4v) is 6.51. The Kier molecular flexibility index (Phi) is 35.1. The van der Waals surface area contributed by atoms with Gasteiger partial charge in [0.05, 0.1) is 26.4 Å². The Hall–Kier alpha value is -3.52. The summed E-state index contributed by atoms with van der Waals surface area (Å²) in [7, 11) is 0. The molecule has 1 unspecified atom stereocenters. The van der Waals surface area contributed by atoms with E-state index in [2.05, 4.69) is 99.5 Å². The summed E-state index contributed by atoms with van der Waals surface area (Å²) in [5.41, 5.74) is -0.0209. The van der Waals surface area contributed by atoms with Gasteiger partial charge in [-0.3, -0.25) is 34.1 Å². The van der Waals surface area contributed by atoms with Gasteiger partial charge in [0.15, 0.2) is 0 Å². The second-order valence-electron chi connectivity index (χ2n) is 24.1. The van der Waals surface area contributed by atoms with Gasteiger partial charge in [-0.15, -0.1) is 0 Å². The first-order valence-electron chi connectivity index (χ1n) is 24.3. The monoisotopic (exact) mass is 1010 g/mol. The predicted molar refractivity (Wildman–Crippen MR) is 278 cm³/mol. The van der Waals surface area contributed by atoms with E-state index >= 15 is 0 Å². The number of ether oxygens (including phenoxy) is 2. The molecule has 2 atom stereocenters. The SMILES string of the molecule is CC(C)(C)CC(=O)NCCOCCC(=O)NCC(NC(C)(C)C)C(=O)O.CC(C)(C)CCC(=O)NCCNC(C)(C)C.CC(C)(C)CSC[C@H](NC(=O)CCOCCNC(=O)CC(C)(C)C)C(=O)O. The number of hydrogen-bond acceptors (Lipinski definition) is 12. The van der Waals surface area contributed by atoms with Crippen molar-refractivity contribution in [1.29, 1.82) is 0 Å².